The Kier molecular flexibility index (Phi) is 5.21. The van der Waals surface area contributed by atoms with Crippen molar-refractivity contribution in [1.82, 2.24) is 15.6 Å². The molecule has 0 bridgehead atoms. The molecule has 2 aromatic carbocycles. The fraction of sp³-hybridized carbons (Fsp3) is 0.105. The van der Waals surface area contributed by atoms with Gasteiger partial charge in [0.05, 0.1) is 6.21 Å². The van der Waals surface area contributed by atoms with Gasteiger partial charge in [-0.15, -0.1) is 0 Å². The first kappa shape index (κ1) is 16.4. The molecule has 1 amide bonds. The van der Waals surface area contributed by atoms with Crippen molar-refractivity contribution >= 4 is 12.1 Å². The maximum atomic E-state index is 11.8. The molecule has 0 spiro atoms. The minimum absolute atomic E-state index is 0.301. The second-order valence-corrected chi connectivity index (χ2v) is 5.48. The van der Waals surface area contributed by atoms with Crippen LogP contribution in [0.4, 0.5) is 0 Å². The van der Waals surface area contributed by atoms with Gasteiger partial charge in [-0.05, 0) is 36.2 Å². The lowest BCUT2D eigenvalue weighted by Gasteiger charge is -2.06. The Morgan fingerprint density at radius 3 is 2.80 bits per heavy atom. The normalized spacial score (nSPS) is 10.8. The summed E-state index contributed by atoms with van der Waals surface area (Å²) in [6, 6.07) is 19.1. The van der Waals surface area contributed by atoms with E-state index < -0.39 is 0 Å². The van der Waals surface area contributed by atoms with Gasteiger partial charge in [0.1, 0.15) is 12.4 Å². The van der Waals surface area contributed by atoms with E-state index in [-0.39, 0.29) is 5.91 Å². The first-order valence-electron chi connectivity index (χ1n) is 7.83. The summed E-state index contributed by atoms with van der Waals surface area (Å²) < 4.78 is 5.77. The molecule has 6 nitrogen and oxygen atoms in total. The Hall–Kier alpha value is -3.41. The van der Waals surface area contributed by atoms with Gasteiger partial charge >= 0.3 is 0 Å². The molecule has 2 N–H and O–H groups in total. The van der Waals surface area contributed by atoms with Crippen molar-refractivity contribution in [3.8, 4) is 5.75 Å². The van der Waals surface area contributed by atoms with Crippen LogP contribution >= 0.6 is 0 Å². The Morgan fingerprint density at radius 2 is 2.04 bits per heavy atom. The quantitative estimate of drug-likeness (QED) is 0.537. The summed E-state index contributed by atoms with van der Waals surface area (Å²) in [5, 5.41) is 10.5. The third-order valence-electron chi connectivity index (χ3n) is 3.42. The molecule has 1 heterocycles. The molecule has 126 valence electrons. The largest absolute Gasteiger partial charge is 0.489 e. The van der Waals surface area contributed by atoms with E-state index in [0.717, 1.165) is 22.6 Å². The molecule has 1 aromatic heterocycles. The average Bonchev–Trinajstić information content (AvgIpc) is 3.08. The van der Waals surface area contributed by atoms with Crippen LogP contribution in [0.15, 0.2) is 65.8 Å². The zero-order valence-corrected chi connectivity index (χ0v) is 13.8. The van der Waals surface area contributed by atoms with Crippen LogP contribution in [-0.4, -0.2) is 22.3 Å². The van der Waals surface area contributed by atoms with Gasteiger partial charge in [0.2, 0.25) is 0 Å². The predicted octanol–water partition coefficient (Wildman–Crippen LogP) is 3.06. The average molecular weight is 334 g/mol. The van der Waals surface area contributed by atoms with Crippen LogP contribution in [0.2, 0.25) is 0 Å². The Labute approximate surface area is 145 Å². The number of aromatic nitrogens is 2. The summed E-state index contributed by atoms with van der Waals surface area (Å²) in [5.74, 6) is 0.374. The first-order chi connectivity index (χ1) is 12.2. The first-order valence-corrected chi connectivity index (χ1v) is 7.83. The molecule has 6 heteroatoms. The van der Waals surface area contributed by atoms with Crippen LogP contribution in [0, 0.1) is 6.92 Å². The number of nitrogens with one attached hydrogen (secondary N) is 2. The van der Waals surface area contributed by atoms with Gasteiger partial charge in [0.25, 0.3) is 5.91 Å². The minimum atomic E-state index is -0.364. The third-order valence-corrected chi connectivity index (χ3v) is 3.42. The van der Waals surface area contributed by atoms with E-state index in [4.69, 9.17) is 4.74 Å². The van der Waals surface area contributed by atoms with Crippen molar-refractivity contribution in [1.29, 1.82) is 0 Å². The number of H-pyrrole nitrogens is 1. The molecule has 0 radical (unpaired) electrons. The highest BCUT2D eigenvalue weighted by molar-refractivity contribution is 5.93. The number of amides is 1. The number of carbonyl (C=O) groups excluding carboxylic acids is 1. The standard InChI is InChI=1S/C19H18N4O2/c1-14-10-18(22-21-14)19(24)23-20-12-16-8-5-9-17(11-16)25-13-15-6-3-2-4-7-15/h2-12H,13H2,1H3,(H,21,22)(H,23,24)/b20-12-. The highest BCUT2D eigenvalue weighted by Gasteiger charge is 2.07. The van der Waals surface area contributed by atoms with Gasteiger partial charge in [0.15, 0.2) is 5.69 Å². The number of hydrogen-bond donors (Lipinski definition) is 2. The zero-order valence-electron chi connectivity index (χ0n) is 13.8. The van der Waals surface area contributed by atoms with Crippen LogP contribution < -0.4 is 10.2 Å². The van der Waals surface area contributed by atoms with E-state index in [1.54, 1.807) is 12.3 Å². The lowest BCUT2D eigenvalue weighted by Crippen LogP contribution is -2.18. The number of rotatable bonds is 6. The molecule has 0 unspecified atom stereocenters. The van der Waals surface area contributed by atoms with Crippen molar-refractivity contribution < 1.29 is 9.53 Å². The Balaban J connectivity index is 1.56. The van der Waals surface area contributed by atoms with Gasteiger partial charge in [-0.1, -0.05) is 42.5 Å². The molecule has 0 aliphatic heterocycles. The molecule has 0 aliphatic carbocycles. The second-order valence-electron chi connectivity index (χ2n) is 5.48. The van der Waals surface area contributed by atoms with Crippen molar-refractivity contribution in [3.05, 3.63) is 83.2 Å². The fourth-order valence-electron chi connectivity index (χ4n) is 2.18. The Morgan fingerprint density at radius 1 is 1.20 bits per heavy atom. The van der Waals surface area contributed by atoms with Crippen molar-refractivity contribution in [2.75, 3.05) is 0 Å². The summed E-state index contributed by atoms with van der Waals surface area (Å²) in [5.41, 5.74) is 5.49. The van der Waals surface area contributed by atoms with E-state index in [9.17, 15) is 4.79 Å². The van der Waals surface area contributed by atoms with Crippen LogP contribution in [-0.2, 0) is 6.61 Å². The number of aryl methyl sites for hydroxylation is 1. The van der Waals surface area contributed by atoms with E-state index in [2.05, 4.69) is 20.7 Å². The van der Waals surface area contributed by atoms with Crippen LogP contribution in [0.5, 0.6) is 5.75 Å². The highest BCUT2D eigenvalue weighted by Crippen LogP contribution is 2.14. The van der Waals surface area contributed by atoms with Gasteiger partial charge < -0.3 is 4.74 Å². The van der Waals surface area contributed by atoms with Crippen LogP contribution in [0.3, 0.4) is 0 Å². The topological polar surface area (TPSA) is 79.4 Å². The van der Waals surface area contributed by atoms with E-state index in [0.29, 0.717) is 12.3 Å². The smallest absolute Gasteiger partial charge is 0.291 e. The van der Waals surface area contributed by atoms with Gasteiger partial charge in [-0.2, -0.15) is 10.2 Å². The lowest BCUT2D eigenvalue weighted by molar-refractivity contribution is 0.0950. The maximum Gasteiger partial charge on any atom is 0.291 e. The monoisotopic (exact) mass is 334 g/mol. The summed E-state index contributed by atoms with van der Waals surface area (Å²) in [7, 11) is 0. The number of hydrogen-bond acceptors (Lipinski definition) is 4. The lowest BCUT2D eigenvalue weighted by atomic mass is 10.2. The van der Waals surface area contributed by atoms with Crippen LogP contribution in [0.25, 0.3) is 0 Å². The van der Waals surface area contributed by atoms with E-state index >= 15 is 0 Å². The number of hydrazone groups is 1. The van der Waals surface area contributed by atoms with E-state index in [1.165, 1.54) is 0 Å². The number of aromatic amines is 1. The van der Waals surface area contributed by atoms with Gasteiger partial charge in [-0.25, -0.2) is 5.43 Å². The van der Waals surface area contributed by atoms with Crippen molar-refractivity contribution in [3.63, 3.8) is 0 Å². The zero-order chi connectivity index (χ0) is 17.5. The summed E-state index contributed by atoms with van der Waals surface area (Å²) in [4.78, 5) is 11.8. The molecule has 0 saturated heterocycles. The molecular weight excluding hydrogens is 316 g/mol. The van der Waals surface area contributed by atoms with E-state index in [1.807, 2.05) is 61.5 Å². The fourth-order valence-corrected chi connectivity index (χ4v) is 2.18. The number of nitrogens with zero attached hydrogens (tertiary/aromatic N) is 2. The Bertz CT molecular complexity index is 872. The van der Waals surface area contributed by atoms with Gasteiger partial charge in [-0.3, -0.25) is 9.89 Å². The molecule has 25 heavy (non-hydrogen) atoms. The maximum absolute atomic E-state index is 11.8. The number of carbonyl (C=O) groups is 1. The summed E-state index contributed by atoms with van der Waals surface area (Å²) >= 11 is 0. The van der Waals surface area contributed by atoms with Crippen LogP contribution in [0.1, 0.15) is 27.3 Å². The molecule has 0 aliphatic rings. The molecule has 0 saturated carbocycles. The van der Waals surface area contributed by atoms with Gasteiger partial charge in [0, 0.05) is 5.69 Å². The third kappa shape index (κ3) is 4.78. The summed E-state index contributed by atoms with van der Waals surface area (Å²) in [6.45, 7) is 2.32. The molecule has 0 fully saturated rings. The van der Waals surface area contributed by atoms with Crippen molar-refractivity contribution in [2.45, 2.75) is 13.5 Å². The molecule has 3 aromatic rings. The summed E-state index contributed by atoms with van der Waals surface area (Å²) in [6.07, 6.45) is 1.56. The highest BCUT2D eigenvalue weighted by atomic mass is 16.5. The number of ether oxygens (including phenoxy) is 1. The minimum Gasteiger partial charge on any atom is -0.489 e. The predicted molar refractivity (Wildman–Crippen MR) is 95.6 cm³/mol. The molecule has 0 atom stereocenters. The molecule has 3 rings (SSSR count). The molecular formula is C19H18N4O2. The second kappa shape index (κ2) is 7.92. The number of benzene rings is 2. The SMILES string of the molecule is Cc1cc(C(=O)N/N=C\c2cccc(OCc3ccccc3)c2)n[nH]1. The van der Waals surface area contributed by atoms with Crippen molar-refractivity contribution in [2.24, 2.45) is 5.10 Å².